The van der Waals surface area contributed by atoms with Gasteiger partial charge in [0, 0.05) is 43.2 Å². The van der Waals surface area contributed by atoms with Crippen molar-refractivity contribution in [2.45, 2.75) is 19.4 Å². The van der Waals surface area contributed by atoms with E-state index in [9.17, 15) is 9.18 Å². The van der Waals surface area contributed by atoms with Crippen molar-refractivity contribution in [1.29, 1.82) is 0 Å². The van der Waals surface area contributed by atoms with Crippen molar-refractivity contribution in [2.75, 3.05) is 26.2 Å². The van der Waals surface area contributed by atoms with E-state index in [-0.39, 0.29) is 22.9 Å². The third kappa shape index (κ3) is 5.04. The minimum Gasteiger partial charge on any atom is -0.340 e. The van der Waals surface area contributed by atoms with Crippen LogP contribution in [0.15, 0.2) is 53.1 Å². The molecule has 3 aromatic rings. The Hall–Kier alpha value is -2.77. The Kier molecular flexibility index (Phi) is 6.40. The summed E-state index contributed by atoms with van der Waals surface area (Å²) in [4.78, 5) is 20.9. The van der Waals surface area contributed by atoms with Crippen LogP contribution in [0.5, 0.6) is 0 Å². The van der Waals surface area contributed by atoms with E-state index in [0.717, 1.165) is 5.56 Å². The number of halogens is 2. The van der Waals surface area contributed by atoms with Crippen LogP contribution in [-0.2, 0) is 24.2 Å². The van der Waals surface area contributed by atoms with E-state index in [4.69, 9.17) is 16.1 Å². The van der Waals surface area contributed by atoms with Crippen LogP contribution in [0.4, 0.5) is 4.39 Å². The van der Waals surface area contributed by atoms with Gasteiger partial charge >= 0.3 is 0 Å². The minimum atomic E-state index is -0.447. The molecule has 0 saturated carbocycles. The highest BCUT2D eigenvalue weighted by atomic mass is 35.5. The number of carbonyl (C=O) groups is 1. The number of carbonyl (C=O) groups excluding carboxylic acids is 1. The summed E-state index contributed by atoms with van der Waals surface area (Å²) in [6.07, 6.45) is 0.600. The van der Waals surface area contributed by atoms with Crippen molar-refractivity contribution >= 4 is 17.5 Å². The number of piperazine rings is 1. The van der Waals surface area contributed by atoms with Gasteiger partial charge in [0.1, 0.15) is 5.82 Å². The smallest absolute Gasteiger partial charge is 0.240 e. The molecule has 4 rings (SSSR count). The molecule has 1 aromatic heterocycles. The lowest BCUT2D eigenvalue weighted by atomic mass is 10.1. The summed E-state index contributed by atoms with van der Waals surface area (Å²) in [5.41, 5.74) is 1.38. The van der Waals surface area contributed by atoms with Crippen molar-refractivity contribution in [1.82, 2.24) is 19.9 Å². The molecule has 6 nitrogen and oxygen atoms in total. The van der Waals surface area contributed by atoms with Crippen LogP contribution >= 0.6 is 11.6 Å². The topological polar surface area (TPSA) is 62.5 Å². The standard InChI is InChI=1S/C22H22ClFN4O2/c23-18-7-4-8-19(24)17(18)14-22(29)28-11-9-27(10-12-28)15-21-25-20(26-30-21)13-16-5-2-1-3-6-16/h1-8H,9-15H2. The number of hydrogen-bond donors (Lipinski definition) is 0. The molecule has 0 bridgehead atoms. The lowest BCUT2D eigenvalue weighted by Gasteiger charge is -2.34. The molecule has 0 aliphatic carbocycles. The Balaban J connectivity index is 1.27. The first-order chi connectivity index (χ1) is 14.6. The highest BCUT2D eigenvalue weighted by molar-refractivity contribution is 6.31. The Bertz CT molecular complexity index is 983. The highest BCUT2D eigenvalue weighted by Gasteiger charge is 2.24. The van der Waals surface area contributed by atoms with Crippen molar-refractivity contribution in [3.63, 3.8) is 0 Å². The van der Waals surface area contributed by atoms with Crippen LogP contribution < -0.4 is 0 Å². The van der Waals surface area contributed by atoms with Crippen molar-refractivity contribution in [3.8, 4) is 0 Å². The van der Waals surface area contributed by atoms with E-state index in [1.165, 1.54) is 12.1 Å². The van der Waals surface area contributed by atoms with Crippen molar-refractivity contribution < 1.29 is 13.7 Å². The summed E-state index contributed by atoms with van der Waals surface area (Å²) in [6.45, 7) is 3.05. The molecule has 1 aliphatic heterocycles. The molecule has 2 heterocycles. The van der Waals surface area contributed by atoms with Crippen LogP contribution in [0.2, 0.25) is 5.02 Å². The van der Waals surface area contributed by atoms with Crippen LogP contribution in [0.1, 0.15) is 22.8 Å². The van der Waals surface area contributed by atoms with Crippen LogP contribution in [0, 0.1) is 5.82 Å². The Labute approximate surface area is 179 Å². The van der Waals surface area contributed by atoms with Gasteiger partial charge in [0.2, 0.25) is 11.8 Å². The number of hydrogen-bond acceptors (Lipinski definition) is 5. The second-order valence-corrected chi connectivity index (χ2v) is 7.71. The second kappa shape index (κ2) is 9.36. The molecule has 1 aliphatic rings. The van der Waals surface area contributed by atoms with Gasteiger partial charge in [-0.05, 0) is 17.7 Å². The summed E-state index contributed by atoms with van der Waals surface area (Å²) < 4.78 is 19.3. The summed E-state index contributed by atoms with van der Waals surface area (Å²) in [5, 5.41) is 4.34. The maximum atomic E-state index is 13.9. The van der Waals surface area contributed by atoms with E-state index in [1.54, 1.807) is 11.0 Å². The van der Waals surface area contributed by atoms with E-state index >= 15 is 0 Å². The molecule has 30 heavy (non-hydrogen) atoms. The molecule has 1 saturated heterocycles. The number of aromatic nitrogens is 2. The van der Waals surface area contributed by atoms with Gasteiger partial charge in [-0.2, -0.15) is 4.98 Å². The normalized spacial score (nSPS) is 14.8. The number of amides is 1. The fourth-order valence-corrected chi connectivity index (χ4v) is 3.75. The quantitative estimate of drug-likeness (QED) is 0.602. The first-order valence-electron chi connectivity index (χ1n) is 9.87. The van der Waals surface area contributed by atoms with Crippen molar-refractivity contribution in [3.05, 3.63) is 82.2 Å². The first-order valence-corrected chi connectivity index (χ1v) is 10.2. The lowest BCUT2D eigenvalue weighted by Crippen LogP contribution is -2.48. The fourth-order valence-electron chi connectivity index (χ4n) is 3.52. The van der Waals surface area contributed by atoms with E-state index in [2.05, 4.69) is 15.0 Å². The number of rotatable bonds is 6. The Morgan fingerprint density at radius 2 is 1.83 bits per heavy atom. The second-order valence-electron chi connectivity index (χ2n) is 7.30. The first kappa shape index (κ1) is 20.5. The molecule has 0 spiro atoms. The summed E-state index contributed by atoms with van der Waals surface area (Å²) >= 11 is 6.04. The molecule has 8 heteroatoms. The van der Waals surface area contributed by atoms with Gasteiger partial charge in [-0.3, -0.25) is 9.69 Å². The molecule has 1 fully saturated rings. The lowest BCUT2D eigenvalue weighted by molar-refractivity contribution is -0.132. The number of nitrogens with zero attached hydrogens (tertiary/aromatic N) is 4. The molecule has 0 radical (unpaired) electrons. The van der Waals surface area contributed by atoms with Crippen LogP contribution in [0.3, 0.4) is 0 Å². The predicted molar refractivity (Wildman–Crippen MR) is 111 cm³/mol. The van der Waals surface area contributed by atoms with Gasteiger partial charge in [-0.1, -0.05) is 53.2 Å². The fraction of sp³-hybridized carbons (Fsp3) is 0.318. The largest absolute Gasteiger partial charge is 0.340 e. The van der Waals surface area contributed by atoms with E-state index in [0.29, 0.717) is 50.9 Å². The summed E-state index contributed by atoms with van der Waals surface area (Å²) in [7, 11) is 0. The molecular formula is C22H22ClFN4O2. The molecule has 156 valence electrons. The van der Waals surface area contributed by atoms with Gasteiger partial charge in [-0.15, -0.1) is 0 Å². The third-order valence-corrected chi connectivity index (χ3v) is 5.54. The van der Waals surface area contributed by atoms with Gasteiger partial charge in [0.25, 0.3) is 0 Å². The zero-order valence-corrected chi connectivity index (χ0v) is 17.2. The summed E-state index contributed by atoms with van der Waals surface area (Å²) in [5.74, 6) is 0.660. The number of benzene rings is 2. The molecule has 0 atom stereocenters. The average Bonchev–Trinajstić information content (AvgIpc) is 3.18. The predicted octanol–water partition coefficient (Wildman–Crippen LogP) is 3.34. The summed E-state index contributed by atoms with van der Waals surface area (Å²) in [6, 6.07) is 14.5. The molecule has 1 amide bonds. The zero-order chi connectivity index (χ0) is 20.9. The van der Waals surface area contributed by atoms with Crippen LogP contribution in [-0.4, -0.2) is 52.0 Å². The minimum absolute atomic E-state index is 0.0297. The molecule has 0 N–H and O–H groups in total. The Morgan fingerprint density at radius 3 is 2.57 bits per heavy atom. The maximum Gasteiger partial charge on any atom is 0.240 e. The maximum absolute atomic E-state index is 13.9. The van der Waals surface area contributed by atoms with Crippen LogP contribution in [0.25, 0.3) is 0 Å². The van der Waals surface area contributed by atoms with Gasteiger partial charge in [-0.25, -0.2) is 4.39 Å². The highest BCUT2D eigenvalue weighted by Crippen LogP contribution is 2.20. The van der Waals surface area contributed by atoms with E-state index < -0.39 is 5.82 Å². The monoisotopic (exact) mass is 428 g/mol. The molecule has 2 aromatic carbocycles. The molecular weight excluding hydrogens is 407 g/mol. The zero-order valence-electron chi connectivity index (χ0n) is 16.4. The SMILES string of the molecule is O=C(Cc1c(F)cccc1Cl)N1CCN(Cc2nc(Cc3ccccc3)no2)CC1. The van der Waals surface area contributed by atoms with Crippen molar-refractivity contribution in [2.24, 2.45) is 0 Å². The van der Waals surface area contributed by atoms with Gasteiger partial charge in [0.05, 0.1) is 13.0 Å². The average molecular weight is 429 g/mol. The Morgan fingerprint density at radius 1 is 1.07 bits per heavy atom. The third-order valence-electron chi connectivity index (χ3n) is 5.19. The molecule has 0 unspecified atom stereocenters. The van der Waals surface area contributed by atoms with E-state index in [1.807, 2.05) is 30.3 Å². The van der Waals surface area contributed by atoms with Gasteiger partial charge in [0.15, 0.2) is 5.82 Å². The van der Waals surface area contributed by atoms with Gasteiger partial charge < -0.3 is 9.42 Å².